The fourth-order valence-corrected chi connectivity index (χ4v) is 1.74. The Bertz CT molecular complexity index is 470. The fourth-order valence-electron chi connectivity index (χ4n) is 1.61. The van der Waals surface area contributed by atoms with Crippen molar-refractivity contribution < 1.29 is 4.42 Å². The Hall–Kier alpha value is -1.26. The second kappa shape index (κ2) is 4.31. The Morgan fingerprint density at radius 2 is 2.25 bits per heavy atom. The van der Waals surface area contributed by atoms with Crippen molar-refractivity contribution >= 4 is 11.6 Å². The van der Waals surface area contributed by atoms with Crippen LogP contribution in [-0.4, -0.2) is 16.3 Å². The lowest BCUT2D eigenvalue weighted by atomic mass is 10.2. The molecule has 2 N–H and O–H groups in total. The summed E-state index contributed by atoms with van der Waals surface area (Å²) in [5.41, 5.74) is 6.54. The summed E-state index contributed by atoms with van der Waals surface area (Å²) < 4.78 is 7.30. The molecule has 0 aliphatic carbocycles. The van der Waals surface area contributed by atoms with E-state index in [0.717, 1.165) is 17.2 Å². The monoisotopic (exact) mass is 239 g/mol. The zero-order chi connectivity index (χ0) is 11.7. The standard InChI is InChI=1S/C11H14ClN3O/c1-7-3-4-11(16-7)10(5-13)15-6-9(12)8(2)14-15/h3-4,6,10H,5,13H2,1-2H3. The molecule has 86 valence electrons. The lowest BCUT2D eigenvalue weighted by Crippen LogP contribution is -2.20. The van der Waals surface area contributed by atoms with Gasteiger partial charge in [0.05, 0.1) is 10.7 Å². The summed E-state index contributed by atoms with van der Waals surface area (Å²) in [5.74, 6) is 1.67. The molecule has 0 saturated carbocycles. The van der Waals surface area contributed by atoms with Crippen LogP contribution in [0.1, 0.15) is 23.3 Å². The van der Waals surface area contributed by atoms with Gasteiger partial charge in [0, 0.05) is 12.7 Å². The Kier molecular flexibility index (Phi) is 3.03. The first kappa shape index (κ1) is 11.2. The van der Waals surface area contributed by atoms with Crippen molar-refractivity contribution in [1.82, 2.24) is 9.78 Å². The quantitative estimate of drug-likeness (QED) is 0.894. The average molecular weight is 240 g/mol. The highest BCUT2D eigenvalue weighted by molar-refractivity contribution is 6.31. The first-order valence-corrected chi connectivity index (χ1v) is 5.47. The number of furan rings is 1. The van der Waals surface area contributed by atoms with Crippen LogP contribution in [0.3, 0.4) is 0 Å². The molecule has 0 spiro atoms. The van der Waals surface area contributed by atoms with Crippen LogP contribution in [0, 0.1) is 13.8 Å². The second-order valence-electron chi connectivity index (χ2n) is 3.74. The van der Waals surface area contributed by atoms with Gasteiger partial charge in [0.2, 0.25) is 0 Å². The lowest BCUT2D eigenvalue weighted by molar-refractivity contribution is 0.398. The molecule has 0 saturated heterocycles. The van der Waals surface area contributed by atoms with Crippen LogP contribution in [0.2, 0.25) is 5.02 Å². The van der Waals surface area contributed by atoms with Crippen LogP contribution in [-0.2, 0) is 0 Å². The van der Waals surface area contributed by atoms with E-state index in [1.807, 2.05) is 26.0 Å². The van der Waals surface area contributed by atoms with Crippen molar-refractivity contribution in [3.8, 4) is 0 Å². The van der Waals surface area contributed by atoms with Gasteiger partial charge in [-0.3, -0.25) is 4.68 Å². The molecule has 0 aliphatic rings. The summed E-state index contributed by atoms with van der Waals surface area (Å²) in [6.45, 7) is 4.18. The molecule has 0 radical (unpaired) electrons. The number of aryl methyl sites for hydroxylation is 2. The van der Waals surface area contributed by atoms with Crippen molar-refractivity contribution in [3.63, 3.8) is 0 Å². The van der Waals surface area contributed by atoms with E-state index in [4.69, 9.17) is 21.8 Å². The van der Waals surface area contributed by atoms with Gasteiger partial charge in [-0.2, -0.15) is 5.10 Å². The van der Waals surface area contributed by atoms with E-state index in [1.54, 1.807) is 10.9 Å². The molecule has 0 bridgehead atoms. The smallest absolute Gasteiger partial charge is 0.130 e. The van der Waals surface area contributed by atoms with Crippen molar-refractivity contribution in [2.24, 2.45) is 5.73 Å². The number of rotatable bonds is 3. The topological polar surface area (TPSA) is 57.0 Å². The Labute approximate surface area is 99.0 Å². The maximum atomic E-state index is 5.97. The molecule has 2 aromatic heterocycles. The van der Waals surface area contributed by atoms with Crippen LogP contribution < -0.4 is 5.73 Å². The summed E-state index contributed by atoms with van der Waals surface area (Å²) in [4.78, 5) is 0. The molecular weight excluding hydrogens is 226 g/mol. The van der Waals surface area contributed by atoms with Gasteiger partial charge in [0.1, 0.15) is 17.6 Å². The van der Waals surface area contributed by atoms with Crippen LogP contribution in [0.25, 0.3) is 0 Å². The van der Waals surface area contributed by atoms with Gasteiger partial charge in [-0.05, 0) is 26.0 Å². The maximum absolute atomic E-state index is 5.97. The molecule has 0 amide bonds. The molecule has 16 heavy (non-hydrogen) atoms. The Balaban J connectivity index is 2.36. The van der Waals surface area contributed by atoms with E-state index < -0.39 is 0 Å². The minimum Gasteiger partial charge on any atom is -0.464 e. The zero-order valence-corrected chi connectivity index (χ0v) is 10.0. The summed E-state index contributed by atoms with van der Waals surface area (Å²) >= 11 is 5.97. The third-order valence-electron chi connectivity index (χ3n) is 2.49. The largest absolute Gasteiger partial charge is 0.464 e. The molecule has 2 rings (SSSR count). The number of nitrogens with zero attached hydrogens (tertiary/aromatic N) is 2. The molecule has 1 unspecified atom stereocenters. The van der Waals surface area contributed by atoms with E-state index in [2.05, 4.69) is 5.10 Å². The van der Waals surface area contributed by atoms with E-state index in [0.29, 0.717) is 11.6 Å². The number of hydrogen-bond donors (Lipinski definition) is 1. The second-order valence-corrected chi connectivity index (χ2v) is 4.15. The van der Waals surface area contributed by atoms with Crippen molar-refractivity contribution in [1.29, 1.82) is 0 Å². The van der Waals surface area contributed by atoms with Crippen molar-refractivity contribution in [2.75, 3.05) is 6.54 Å². The maximum Gasteiger partial charge on any atom is 0.130 e. The van der Waals surface area contributed by atoms with Gasteiger partial charge in [0.25, 0.3) is 0 Å². The average Bonchev–Trinajstić information content (AvgIpc) is 2.77. The Morgan fingerprint density at radius 3 is 2.69 bits per heavy atom. The lowest BCUT2D eigenvalue weighted by Gasteiger charge is -2.12. The highest BCUT2D eigenvalue weighted by atomic mass is 35.5. The highest BCUT2D eigenvalue weighted by Gasteiger charge is 2.17. The molecule has 5 heteroatoms. The van der Waals surface area contributed by atoms with Gasteiger partial charge in [-0.25, -0.2) is 0 Å². The third-order valence-corrected chi connectivity index (χ3v) is 2.86. The molecule has 2 aromatic rings. The molecule has 4 nitrogen and oxygen atoms in total. The van der Waals surface area contributed by atoms with E-state index >= 15 is 0 Å². The number of aromatic nitrogens is 2. The van der Waals surface area contributed by atoms with Gasteiger partial charge < -0.3 is 10.2 Å². The van der Waals surface area contributed by atoms with Crippen LogP contribution in [0.5, 0.6) is 0 Å². The molecule has 1 atom stereocenters. The van der Waals surface area contributed by atoms with Crippen LogP contribution in [0.15, 0.2) is 22.7 Å². The van der Waals surface area contributed by atoms with Gasteiger partial charge in [0.15, 0.2) is 0 Å². The van der Waals surface area contributed by atoms with E-state index in [-0.39, 0.29) is 6.04 Å². The number of hydrogen-bond acceptors (Lipinski definition) is 3. The van der Waals surface area contributed by atoms with Gasteiger partial charge in [-0.15, -0.1) is 0 Å². The summed E-state index contributed by atoms with van der Waals surface area (Å²) in [5, 5.41) is 4.95. The first-order chi connectivity index (χ1) is 7.61. The molecule has 2 heterocycles. The highest BCUT2D eigenvalue weighted by Crippen LogP contribution is 2.22. The molecular formula is C11H14ClN3O. The Morgan fingerprint density at radius 1 is 1.50 bits per heavy atom. The first-order valence-electron chi connectivity index (χ1n) is 5.09. The van der Waals surface area contributed by atoms with Crippen molar-refractivity contribution in [3.05, 3.63) is 40.6 Å². The number of halogens is 1. The molecule has 0 aliphatic heterocycles. The van der Waals surface area contributed by atoms with E-state index in [9.17, 15) is 0 Å². The minimum atomic E-state index is -0.0973. The number of nitrogens with two attached hydrogens (primary N) is 1. The van der Waals surface area contributed by atoms with Crippen LogP contribution in [0.4, 0.5) is 0 Å². The fraction of sp³-hybridized carbons (Fsp3) is 0.364. The predicted octanol–water partition coefficient (Wildman–Crippen LogP) is 2.29. The zero-order valence-electron chi connectivity index (χ0n) is 9.27. The van der Waals surface area contributed by atoms with E-state index in [1.165, 1.54) is 0 Å². The minimum absolute atomic E-state index is 0.0973. The summed E-state index contributed by atoms with van der Waals surface area (Å²) in [6, 6.07) is 3.73. The van der Waals surface area contributed by atoms with Gasteiger partial charge in [-0.1, -0.05) is 11.6 Å². The molecule has 0 aromatic carbocycles. The predicted molar refractivity (Wildman–Crippen MR) is 62.6 cm³/mol. The summed E-state index contributed by atoms with van der Waals surface area (Å²) in [6.07, 6.45) is 1.77. The normalized spacial score (nSPS) is 13.0. The summed E-state index contributed by atoms with van der Waals surface area (Å²) in [7, 11) is 0. The molecule has 0 fully saturated rings. The van der Waals surface area contributed by atoms with Crippen LogP contribution >= 0.6 is 11.6 Å². The van der Waals surface area contributed by atoms with Gasteiger partial charge >= 0.3 is 0 Å². The van der Waals surface area contributed by atoms with Crippen molar-refractivity contribution in [2.45, 2.75) is 19.9 Å². The SMILES string of the molecule is Cc1ccc(C(CN)n2cc(Cl)c(C)n2)o1. The third kappa shape index (κ3) is 1.99.